The van der Waals surface area contributed by atoms with Crippen molar-refractivity contribution in [3.05, 3.63) is 294 Å². The molecule has 0 saturated carbocycles. The van der Waals surface area contributed by atoms with Crippen LogP contribution in [0.2, 0.25) is 0 Å². The lowest BCUT2D eigenvalue weighted by molar-refractivity contribution is -0.660. The molecule has 2 unspecified atom stereocenters. The maximum absolute atomic E-state index is 14.6. The molecule has 93 heavy (non-hydrogen) atoms. The van der Waals surface area contributed by atoms with Crippen molar-refractivity contribution >= 4 is 0 Å². The van der Waals surface area contributed by atoms with Crippen molar-refractivity contribution < 1.29 is 52.8 Å². The summed E-state index contributed by atoms with van der Waals surface area (Å²) in [5.74, 6) is -8.57. The minimum Gasteiger partial charge on any atom is -0.253 e. The summed E-state index contributed by atoms with van der Waals surface area (Å²) >= 11 is 0. The summed E-state index contributed by atoms with van der Waals surface area (Å²) in [6.45, 7) is -3.80. The third-order valence-electron chi connectivity index (χ3n) is 15.6. The number of aryl methyl sites for hydroxylation is 9. The van der Waals surface area contributed by atoms with Crippen LogP contribution in [0.4, 0.5) is 4.39 Å². The summed E-state index contributed by atoms with van der Waals surface area (Å²) in [6.07, 6.45) is 2.41. The van der Waals surface area contributed by atoms with E-state index in [0.717, 1.165) is 92.8 Å². The topological polar surface area (TPSA) is 54.2 Å². The van der Waals surface area contributed by atoms with Crippen molar-refractivity contribution in [2.45, 2.75) is 94.4 Å². The molecule has 470 valence electrons. The number of hydrogen-bond acceptors (Lipinski definition) is 3. The Bertz CT molecular complexity index is 5480. The smallest absolute Gasteiger partial charge is 0.213 e. The molecule has 2 atom stereocenters. The van der Waals surface area contributed by atoms with Crippen molar-refractivity contribution in [3.8, 4) is 89.9 Å². The molecule has 12 rings (SSSR count). The van der Waals surface area contributed by atoms with Crippen LogP contribution in [0.5, 0.6) is 0 Å². The summed E-state index contributed by atoms with van der Waals surface area (Å²) in [4.78, 5) is 13.0. The van der Waals surface area contributed by atoms with Crippen LogP contribution in [-0.2, 0) is 40.9 Å². The third kappa shape index (κ3) is 17.6. The molecule has 0 N–H and O–H groups in total. The zero-order chi connectivity index (χ0) is 85.1. The van der Waals surface area contributed by atoms with E-state index >= 15 is 0 Å². The van der Waals surface area contributed by atoms with E-state index < -0.39 is 76.1 Å². The van der Waals surface area contributed by atoms with Gasteiger partial charge < -0.3 is 0 Å². The van der Waals surface area contributed by atoms with Gasteiger partial charge in [-0.05, 0) is 195 Å². The first-order chi connectivity index (χ1) is 53.3. The zero-order valence-electron chi connectivity index (χ0n) is 76.1. The summed E-state index contributed by atoms with van der Waals surface area (Å²) in [6, 6.07) is 66.1. The number of halogens is 1. The fourth-order valence-corrected chi connectivity index (χ4v) is 10.8. The molecular formula is C85H92FN7+4. The van der Waals surface area contributed by atoms with Gasteiger partial charge in [0.15, 0.2) is 24.8 Å². The molecule has 0 fully saturated rings. The number of aromatic nitrogens is 7. The van der Waals surface area contributed by atoms with Gasteiger partial charge in [-0.3, -0.25) is 15.0 Å². The number of nitrogens with zero attached hydrogens (tertiary/aromatic N) is 7. The Labute approximate surface area is 584 Å². The Morgan fingerprint density at radius 1 is 0.409 bits per heavy atom. The van der Waals surface area contributed by atoms with Gasteiger partial charge in [0.2, 0.25) is 22.8 Å². The van der Waals surface area contributed by atoms with E-state index in [4.69, 9.17) is 30.2 Å². The van der Waals surface area contributed by atoms with Crippen LogP contribution < -0.4 is 18.3 Å². The van der Waals surface area contributed by atoms with E-state index in [0.29, 0.717) is 28.2 Å². The molecule has 7 nitrogen and oxygen atoms in total. The number of rotatable bonds is 13. The Morgan fingerprint density at radius 3 is 1.31 bits per heavy atom. The van der Waals surface area contributed by atoms with Gasteiger partial charge in [0.05, 0.1) is 33.8 Å². The SMILES string of the molecule is [2H]C([2H])([2H])C([2H])(C)C([2H])([2H])c1cc(-c2cc[n+](C)c(-c3ccccc3C)c2)ccc1F.[2H]C([2H])([2H])C([2H])(C)C([2H])([2H])c1cccc(-c2ccc(-c3ccccc3C)[n+](C)c2)n1.[2H]C([2H])([2H])C([2H])(c1cccc(-c2ccc(-c3ccccc3C)[n+](C)c2)n1)C([2H])([2H])[2H].[2H]C([2H])([2H])c1cccc(-c2ccc(-c3ccccc3C)[n+](C)c2)n1. The molecule has 5 aromatic carbocycles. The molecular weight excluding hydrogens is 1140 g/mol. The molecule has 12 aromatic rings. The van der Waals surface area contributed by atoms with Crippen LogP contribution in [-0.4, -0.2) is 15.0 Å². The Kier molecular flexibility index (Phi) is 14.8. The van der Waals surface area contributed by atoms with Gasteiger partial charge in [-0.15, -0.1) is 0 Å². The van der Waals surface area contributed by atoms with Crippen LogP contribution in [0.15, 0.2) is 243 Å². The number of hydrogen-bond donors (Lipinski definition) is 0. The highest BCUT2D eigenvalue weighted by Crippen LogP contribution is 2.30. The van der Waals surface area contributed by atoms with Crippen LogP contribution in [0, 0.1) is 52.2 Å². The van der Waals surface area contributed by atoms with Crippen LogP contribution in [0.1, 0.15) is 122 Å². The van der Waals surface area contributed by atoms with Gasteiger partial charge in [-0.2, -0.15) is 0 Å². The fraction of sp³-hybridized carbons (Fsp3) is 0.235. The average molecular weight is 1250 g/mol. The van der Waals surface area contributed by atoms with Gasteiger partial charge >= 0.3 is 0 Å². The predicted molar refractivity (Wildman–Crippen MR) is 382 cm³/mol. The van der Waals surface area contributed by atoms with Crippen molar-refractivity contribution in [1.82, 2.24) is 15.0 Å². The lowest BCUT2D eigenvalue weighted by atomic mass is 9.96. The summed E-state index contributed by atoms with van der Waals surface area (Å²) in [5, 5.41) is 0. The lowest BCUT2D eigenvalue weighted by Crippen LogP contribution is -2.30. The highest BCUT2D eigenvalue weighted by Gasteiger charge is 2.19. The molecule has 0 spiro atoms. The summed E-state index contributed by atoms with van der Waals surface area (Å²) in [7, 11) is 7.74. The van der Waals surface area contributed by atoms with Crippen molar-refractivity contribution in [2.24, 2.45) is 40.0 Å². The maximum atomic E-state index is 14.6. The largest absolute Gasteiger partial charge is 0.253 e. The Hall–Kier alpha value is -9.92. The predicted octanol–water partition coefficient (Wildman–Crippen LogP) is 18.8. The molecule has 0 bridgehead atoms. The first-order valence-electron chi connectivity index (χ1n) is 41.3. The maximum Gasteiger partial charge on any atom is 0.213 e. The van der Waals surface area contributed by atoms with Gasteiger partial charge in [0.1, 0.15) is 34.0 Å². The molecule has 8 heteroatoms. The minimum atomic E-state index is -3.07. The second-order valence-electron chi connectivity index (χ2n) is 22.7. The Morgan fingerprint density at radius 2 is 0.839 bits per heavy atom. The molecule has 0 aliphatic heterocycles. The summed E-state index contributed by atoms with van der Waals surface area (Å²) in [5.41, 5.74) is 17.6. The molecule has 0 aliphatic carbocycles. The van der Waals surface area contributed by atoms with Gasteiger partial charge in [0, 0.05) is 99.8 Å². The highest BCUT2D eigenvalue weighted by atomic mass is 19.1. The molecule has 0 aliphatic rings. The van der Waals surface area contributed by atoms with Crippen LogP contribution in [0.3, 0.4) is 0 Å². The molecule has 0 saturated heterocycles. The first-order valence-corrected chi connectivity index (χ1v) is 30.3. The van der Waals surface area contributed by atoms with Gasteiger partial charge in [-0.25, -0.2) is 22.7 Å². The van der Waals surface area contributed by atoms with Crippen molar-refractivity contribution in [3.63, 3.8) is 0 Å². The minimum absolute atomic E-state index is 0.0701. The quantitative estimate of drug-likeness (QED) is 0.108. The lowest BCUT2D eigenvalue weighted by Gasteiger charge is -2.10. The van der Waals surface area contributed by atoms with Crippen molar-refractivity contribution in [2.75, 3.05) is 0 Å². The van der Waals surface area contributed by atoms with Crippen LogP contribution in [0.25, 0.3) is 89.9 Å². The van der Waals surface area contributed by atoms with E-state index in [-0.39, 0.29) is 17.1 Å². The third-order valence-corrected chi connectivity index (χ3v) is 15.6. The number of benzene rings is 5. The average Bonchev–Trinajstić information content (AvgIpc) is 0.756. The fourth-order valence-electron chi connectivity index (χ4n) is 10.8. The van der Waals surface area contributed by atoms with Gasteiger partial charge in [0.25, 0.3) is 0 Å². The van der Waals surface area contributed by atoms with E-state index in [1.165, 1.54) is 47.5 Å². The number of pyridine rings is 7. The molecule has 7 aromatic heterocycles. The summed E-state index contributed by atoms with van der Waals surface area (Å²) < 4.78 is 195. The standard InChI is InChI=1S/C23H25FN.C22H25N2.C21H23N2.C19H19N2/c1-16(2)13-20-14-18(9-10-22(20)24)19-11-12-25(4)23(15-19)21-8-6-5-7-17(21)3;1-16(2)14-19-9-7-11-21(23-19)18-12-13-22(24(4)15-18)20-10-6-5-8-17(20)3;1-15(2)19-10-7-11-20(22-19)17-12-13-21(23(4)14-17)18-9-6-5-8-16(18)3;1-14-7-4-5-9-17(14)19-12-11-16(13-21(19)3)18-10-6-8-15(2)20-18/h5-12,14-16H,13H2,1-4H3;5-13,15-16H,14H2,1-4H3;5-15H,1-4H3;4-13H,1-3H3/q4*+1/i1D3,13D2,16D;1D3,14D2,16D;1D3,2D3,15D;2D3. The Balaban J connectivity index is 0.000000176. The molecule has 0 radical (unpaired) electrons. The monoisotopic (exact) mass is 1250 g/mol. The molecule has 0 amide bonds. The second-order valence-corrected chi connectivity index (χ2v) is 22.7. The van der Waals surface area contributed by atoms with E-state index in [9.17, 15) is 4.39 Å². The second kappa shape index (κ2) is 31.4. The van der Waals surface area contributed by atoms with Crippen LogP contribution >= 0.6 is 0 Å². The van der Waals surface area contributed by atoms with E-state index in [2.05, 4.69) is 53.1 Å². The van der Waals surface area contributed by atoms with E-state index in [1.54, 1.807) is 24.3 Å². The van der Waals surface area contributed by atoms with Crippen molar-refractivity contribution in [1.29, 1.82) is 0 Å². The zero-order valence-corrected chi connectivity index (χ0v) is 54.1. The first kappa shape index (κ1) is 43.8. The molecule has 7 heterocycles. The van der Waals surface area contributed by atoms with E-state index in [1.807, 2.05) is 212 Å². The highest BCUT2D eigenvalue weighted by molar-refractivity contribution is 5.71. The van der Waals surface area contributed by atoms with Gasteiger partial charge in [-0.1, -0.05) is 138 Å². The normalized spacial score (nSPS) is 16.8.